The van der Waals surface area contributed by atoms with Crippen molar-refractivity contribution in [3.05, 3.63) is 60.2 Å². The fourth-order valence-corrected chi connectivity index (χ4v) is 3.71. The van der Waals surface area contributed by atoms with Crippen molar-refractivity contribution in [2.45, 2.75) is 25.4 Å². The van der Waals surface area contributed by atoms with E-state index in [0.717, 1.165) is 11.1 Å². The third-order valence-corrected chi connectivity index (χ3v) is 5.49. The van der Waals surface area contributed by atoms with Crippen LogP contribution >= 0.6 is 0 Å². The lowest BCUT2D eigenvalue weighted by Gasteiger charge is -2.43. The fraction of sp³-hybridized carbons (Fsp3) is 0.409. The second-order valence-corrected chi connectivity index (χ2v) is 7.16. The Labute approximate surface area is 155 Å². The molecule has 1 amide bonds. The van der Waals surface area contributed by atoms with Crippen LogP contribution in [0.15, 0.2) is 54.6 Å². The third-order valence-electron chi connectivity index (χ3n) is 5.49. The standard InChI is InChI=1S/C22H27NO3/c1-17-16-23(14-12-22(17,25)13-15-26-2)21(24)20-11-7-6-10-19(20)18-8-4-3-5-9-18/h3-11,17,25H,12-16H2,1-2H3/t17-,22-/m1/s1. The van der Waals surface area contributed by atoms with Crippen LogP contribution in [0.25, 0.3) is 11.1 Å². The summed E-state index contributed by atoms with van der Waals surface area (Å²) in [5.41, 5.74) is 1.95. The van der Waals surface area contributed by atoms with E-state index >= 15 is 0 Å². The average molecular weight is 353 g/mol. The molecule has 2 aromatic carbocycles. The van der Waals surface area contributed by atoms with Crippen molar-refractivity contribution in [3.8, 4) is 11.1 Å². The lowest BCUT2D eigenvalue weighted by atomic mass is 9.79. The molecule has 0 spiro atoms. The van der Waals surface area contributed by atoms with Crippen molar-refractivity contribution in [2.75, 3.05) is 26.8 Å². The number of hydrogen-bond acceptors (Lipinski definition) is 3. The van der Waals surface area contributed by atoms with Gasteiger partial charge in [-0.15, -0.1) is 0 Å². The van der Waals surface area contributed by atoms with Gasteiger partial charge in [0.25, 0.3) is 5.91 Å². The molecule has 4 nitrogen and oxygen atoms in total. The molecule has 0 aliphatic carbocycles. The van der Waals surface area contributed by atoms with Gasteiger partial charge < -0.3 is 14.7 Å². The summed E-state index contributed by atoms with van der Waals surface area (Å²) in [4.78, 5) is 15.1. The van der Waals surface area contributed by atoms with E-state index < -0.39 is 5.60 Å². The third kappa shape index (κ3) is 3.81. The minimum Gasteiger partial charge on any atom is -0.389 e. The highest BCUT2D eigenvalue weighted by molar-refractivity contribution is 6.01. The van der Waals surface area contributed by atoms with Gasteiger partial charge in [0.1, 0.15) is 0 Å². The van der Waals surface area contributed by atoms with Gasteiger partial charge in [0.05, 0.1) is 5.60 Å². The van der Waals surface area contributed by atoms with Gasteiger partial charge in [0, 0.05) is 38.3 Å². The number of hydrogen-bond donors (Lipinski definition) is 1. The summed E-state index contributed by atoms with van der Waals surface area (Å²) in [7, 11) is 1.65. The van der Waals surface area contributed by atoms with Crippen LogP contribution in [0.1, 0.15) is 30.1 Å². The Hall–Kier alpha value is -2.17. The summed E-state index contributed by atoms with van der Waals surface area (Å²) in [5.74, 6) is 0.0457. The molecule has 2 aromatic rings. The predicted octanol–water partition coefficient (Wildman–Crippen LogP) is 3.60. The first-order valence-corrected chi connectivity index (χ1v) is 9.20. The Morgan fingerprint density at radius 2 is 1.88 bits per heavy atom. The van der Waals surface area contributed by atoms with Crippen LogP contribution in [0.2, 0.25) is 0 Å². The SMILES string of the molecule is COCC[C@]1(O)CCN(C(=O)c2ccccc2-c2ccccc2)C[C@H]1C. The highest BCUT2D eigenvalue weighted by Gasteiger charge is 2.40. The number of ether oxygens (including phenoxy) is 1. The first-order chi connectivity index (χ1) is 12.5. The van der Waals surface area contributed by atoms with Gasteiger partial charge in [-0.25, -0.2) is 0 Å². The molecule has 3 rings (SSSR count). The number of nitrogens with zero attached hydrogens (tertiary/aromatic N) is 1. The van der Waals surface area contributed by atoms with Crippen LogP contribution in [0.4, 0.5) is 0 Å². The van der Waals surface area contributed by atoms with Crippen LogP contribution in [-0.4, -0.2) is 48.3 Å². The minimum absolute atomic E-state index is 0.0132. The van der Waals surface area contributed by atoms with Crippen LogP contribution in [0.5, 0.6) is 0 Å². The first kappa shape index (κ1) is 18.6. The van der Waals surface area contributed by atoms with E-state index in [0.29, 0.717) is 38.1 Å². The molecule has 2 atom stereocenters. The number of carbonyl (C=O) groups excluding carboxylic acids is 1. The smallest absolute Gasteiger partial charge is 0.254 e. The van der Waals surface area contributed by atoms with Crippen molar-refractivity contribution < 1.29 is 14.6 Å². The molecule has 4 heteroatoms. The number of aliphatic hydroxyl groups is 1. The summed E-state index contributed by atoms with van der Waals surface area (Å²) < 4.78 is 5.13. The summed E-state index contributed by atoms with van der Waals surface area (Å²) in [6, 6.07) is 17.7. The Balaban J connectivity index is 1.79. The lowest BCUT2D eigenvalue weighted by Crippen LogP contribution is -2.52. The van der Waals surface area contributed by atoms with E-state index in [1.54, 1.807) is 7.11 Å². The van der Waals surface area contributed by atoms with Crippen molar-refractivity contribution in [1.82, 2.24) is 4.90 Å². The molecule has 26 heavy (non-hydrogen) atoms. The monoisotopic (exact) mass is 353 g/mol. The fourth-order valence-electron chi connectivity index (χ4n) is 3.71. The van der Waals surface area contributed by atoms with E-state index in [1.165, 1.54) is 0 Å². The van der Waals surface area contributed by atoms with E-state index in [2.05, 4.69) is 0 Å². The van der Waals surface area contributed by atoms with Gasteiger partial charge >= 0.3 is 0 Å². The maximum absolute atomic E-state index is 13.2. The molecule has 1 aliphatic heterocycles. The summed E-state index contributed by atoms with van der Waals surface area (Å²) in [6.07, 6.45) is 1.18. The van der Waals surface area contributed by atoms with E-state index in [4.69, 9.17) is 4.74 Å². The van der Waals surface area contributed by atoms with Crippen molar-refractivity contribution >= 4 is 5.91 Å². The molecule has 0 bridgehead atoms. The van der Waals surface area contributed by atoms with Gasteiger partial charge in [-0.05, 0) is 30.0 Å². The van der Waals surface area contributed by atoms with Crippen LogP contribution < -0.4 is 0 Å². The van der Waals surface area contributed by atoms with Gasteiger partial charge in [0.15, 0.2) is 0 Å². The van der Waals surface area contributed by atoms with Crippen LogP contribution in [0, 0.1) is 5.92 Å². The van der Waals surface area contributed by atoms with Crippen molar-refractivity contribution in [2.24, 2.45) is 5.92 Å². The lowest BCUT2D eigenvalue weighted by molar-refractivity contribution is -0.0750. The molecule has 0 aromatic heterocycles. The zero-order valence-electron chi connectivity index (χ0n) is 15.5. The van der Waals surface area contributed by atoms with Crippen molar-refractivity contribution in [3.63, 3.8) is 0 Å². The highest BCUT2D eigenvalue weighted by atomic mass is 16.5. The molecule has 138 valence electrons. The van der Waals surface area contributed by atoms with Gasteiger partial charge in [-0.3, -0.25) is 4.79 Å². The Kier molecular flexibility index (Phi) is 5.74. The maximum atomic E-state index is 13.2. The normalized spacial score (nSPS) is 23.0. The first-order valence-electron chi connectivity index (χ1n) is 9.20. The number of amides is 1. The zero-order valence-corrected chi connectivity index (χ0v) is 15.5. The van der Waals surface area contributed by atoms with Gasteiger partial charge in [-0.2, -0.15) is 0 Å². The van der Waals surface area contributed by atoms with E-state index in [-0.39, 0.29) is 11.8 Å². The average Bonchev–Trinajstić information content (AvgIpc) is 2.69. The highest BCUT2D eigenvalue weighted by Crippen LogP contribution is 2.33. The topological polar surface area (TPSA) is 49.8 Å². The molecule has 1 saturated heterocycles. The molecule has 1 fully saturated rings. The second kappa shape index (κ2) is 8.02. The molecular weight excluding hydrogens is 326 g/mol. The van der Waals surface area contributed by atoms with Gasteiger partial charge in [-0.1, -0.05) is 55.5 Å². The number of benzene rings is 2. The Morgan fingerprint density at radius 3 is 2.58 bits per heavy atom. The summed E-state index contributed by atoms with van der Waals surface area (Å²) >= 11 is 0. The van der Waals surface area contributed by atoms with Crippen molar-refractivity contribution in [1.29, 1.82) is 0 Å². The second-order valence-electron chi connectivity index (χ2n) is 7.16. The largest absolute Gasteiger partial charge is 0.389 e. The number of piperidine rings is 1. The Morgan fingerprint density at radius 1 is 1.19 bits per heavy atom. The Bertz CT molecular complexity index is 746. The molecule has 0 saturated carbocycles. The minimum atomic E-state index is -0.758. The molecule has 0 unspecified atom stereocenters. The quantitative estimate of drug-likeness (QED) is 0.893. The molecule has 0 radical (unpaired) electrons. The predicted molar refractivity (Wildman–Crippen MR) is 103 cm³/mol. The van der Waals surface area contributed by atoms with Gasteiger partial charge in [0.2, 0.25) is 0 Å². The molecule has 1 aliphatic rings. The van der Waals surface area contributed by atoms with E-state index in [1.807, 2.05) is 66.4 Å². The van der Waals surface area contributed by atoms with Crippen LogP contribution in [-0.2, 0) is 4.74 Å². The summed E-state index contributed by atoms with van der Waals surface area (Å²) in [5, 5.41) is 10.9. The zero-order chi connectivity index (χ0) is 18.6. The van der Waals surface area contributed by atoms with Crippen LogP contribution in [0.3, 0.4) is 0 Å². The number of methoxy groups -OCH3 is 1. The van der Waals surface area contributed by atoms with E-state index in [9.17, 15) is 9.90 Å². The molecule has 1 heterocycles. The molecule has 1 N–H and O–H groups in total. The number of carbonyl (C=O) groups is 1. The summed E-state index contributed by atoms with van der Waals surface area (Å²) in [6.45, 7) is 3.67. The number of rotatable bonds is 5. The molecular formula is C22H27NO3. The number of likely N-dealkylation sites (tertiary alicyclic amines) is 1. The maximum Gasteiger partial charge on any atom is 0.254 e.